The van der Waals surface area contributed by atoms with Gasteiger partial charge in [-0.3, -0.25) is 4.79 Å². The molecule has 1 amide bonds. The molecule has 1 saturated carbocycles. The Morgan fingerprint density at radius 1 is 1.33 bits per heavy atom. The number of amides is 1. The van der Waals surface area contributed by atoms with Gasteiger partial charge in [0.1, 0.15) is 5.82 Å². The van der Waals surface area contributed by atoms with Crippen molar-refractivity contribution < 1.29 is 13.6 Å². The van der Waals surface area contributed by atoms with Gasteiger partial charge in [-0.15, -0.1) is 12.4 Å². The third-order valence-corrected chi connectivity index (χ3v) is 5.15. The van der Waals surface area contributed by atoms with Crippen molar-refractivity contribution >= 4 is 18.3 Å². The largest absolute Gasteiger partial charge is 0.342 e. The second kappa shape index (κ2) is 7.82. The van der Waals surface area contributed by atoms with Crippen LogP contribution in [0.1, 0.15) is 28.8 Å². The highest BCUT2D eigenvalue weighted by Crippen LogP contribution is 2.37. The minimum Gasteiger partial charge on any atom is -0.342 e. The fourth-order valence-corrected chi connectivity index (χ4v) is 3.72. The molecule has 1 aliphatic carbocycles. The molecule has 2 aromatic rings. The lowest BCUT2D eigenvalue weighted by molar-refractivity contribution is 0.0728. The first-order valence-electron chi connectivity index (χ1n) is 8.89. The van der Waals surface area contributed by atoms with E-state index in [9.17, 15) is 13.6 Å². The summed E-state index contributed by atoms with van der Waals surface area (Å²) < 4.78 is 28.7. The standard InChI is InChI=1S/C20H21F2N3O.ClH/c21-9-13(10-23)11-24-12-18-17(6-7-25(20(18)26)16-4-5-16)19(24)14-2-1-3-15(22)8-14;/h1-3,8-9,12,16H,4-7,10-11,23H2;1H/b13-9+;. The predicted octanol–water partition coefficient (Wildman–Crippen LogP) is 3.69. The van der Waals surface area contributed by atoms with Gasteiger partial charge < -0.3 is 15.2 Å². The van der Waals surface area contributed by atoms with E-state index in [0.717, 1.165) is 24.1 Å². The van der Waals surface area contributed by atoms with E-state index < -0.39 is 0 Å². The van der Waals surface area contributed by atoms with E-state index in [4.69, 9.17) is 5.73 Å². The first-order chi connectivity index (χ1) is 12.6. The van der Waals surface area contributed by atoms with E-state index in [1.165, 1.54) is 12.1 Å². The molecule has 1 aromatic carbocycles. The number of hydrogen-bond acceptors (Lipinski definition) is 2. The molecule has 0 radical (unpaired) electrons. The summed E-state index contributed by atoms with van der Waals surface area (Å²) in [6.07, 6.45) is 5.10. The number of aromatic nitrogens is 1. The van der Waals surface area contributed by atoms with Gasteiger partial charge >= 0.3 is 0 Å². The molecular formula is C20H22ClF2N3O. The maximum Gasteiger partial charge on any atom is 0.255 e. The molecule has 144 valence electrons. The Morgan fingerprint density at radius 2 is 2.11 bits per heavy atom. The van der Waals surface area contributed by atoms with Gasteiger partial charge in [0.15, 0.2) is 0 Å². The molecule has 1 aromatic heterocycles. The second-order valence-electron chi connectivity index (χ2n) is 6.96. The average Bonchev–Trinajstić information content (AvgIpc) is 3.40. The lowest BCUT2D eigenvalue weighted by Crippen LogP contribution is -2.38. The van der Waals surface area contributed by atoms with Crippen molar-refractivity contribution in [3.63, 3.8) is 0 Å². The number of halogens is 3. The van der Waals surface area contributed by atoms with Crippen molar-refractivity contribution in [1.29, 1.82) is 0 Å². The van der Waals surface area contributed by atoms with Crippen molar-refractivity contribution in [3.8, 4) is 11.3 Å². The van der Waals surface area contributed by atoms with E-state index >= 15 is 0 Å². The Kier molecular flexibility index (Phi) is 5.67. The Hall–Kier alpha value is -2.18. The quantitative estimate of drug-likeness (QED) is 0.842. The first kappa shape index (κ1) is 19.6. The number of carbonyl (C=O) groups is 1. The predicted molar refractivity (Wildman–Crippen MR) is 103 cm³/mol. The van der Waals surface area contributed by atoms with Crippen LogP contribution in [0.25, 0.3) is 11.3 Å². The summed E-state index contributed by atoms with van der Waals surface area (Å²) in [7, 11) is 0. The zero-order chi connectivity index (χ0) is 18.3. The summed E-state index contributed by atoms with van der Waals surface area (Å²) in [6, 6.07) is 6.64. The van der Waals surface area contributed by atoms with E-state index in [2.05, 4.69) is 0 Å². The molecule has 1 fully saturated rings. The molecule has 2 heterocycles. The molecule has 4 rings (SSSR count). The summed E-state index contributed by atoms with van der Waals surface area (Å²) >= 11 is 0. The van der Waals surface area contributed by atoms with Gasteiger partial charge in [-0.25, -0.2) is 8.78 Å². The van der Waals surface area contributed by atoms with Crippen molar-refractivity contribution in [3.05, 3.63) is 59.3 Å². The van der Waals surface area contributed by atoms with Crippen LogP contribution in [-0.4, -0.2) is 34.5 Å². The van der Waals surface area contributed by atoms with Crippen LogP contribution in [0.5, 0.6) is 0 Å². The monoisotopic (exact) mass is 393 g/mol. The Bertz CT molecular complexity index is 889. The Morgan fingerprint density at radius 3 is 2.74 bits per heavy atom. The van der Waals surface area contributed by atoms with Crippen LogP contribution in [0.3, 0.4) is 0 Å². The number of nitrogens with two attached hydrogens (primary N) is 1. The lowest BCUT2D eigenvalue weighted by Gasteiger charge is -2.27. The highest BCUT2D eigenvalue weighted by Gasteiger charge is 2.38. The molecule has 0 saturated heterocycles. The maximum atomic E-state index is 13.8. The molecule has 0 spiro atoms. The molecule has 7 heteroatoms. The summed E-state index contributed by atoms with van der Waals surface area (Å²) in [5, 5.41) is 0. The molecule has 1 aliphatic heterocycles. The SMILES string of the molecule is Cl.NC/C(=C\F)Cn1cc2c(c1-c1cccc(F)c1)CCN(C1CC1)C2=O. The van der Waals surface area contributed by atoms with Crippen LogP contribution in [0.2, 0.25) is 0 Å². The number of rotatable bonds is 5. The zero-order valence-corrected chi connectivity index (χ0v) is 15.6. The molecule has 4 nitrogen and oxygen atoms in total. The zero-order valence-electron chi connectivity index (χ0n) is 14.8. The highest BCUT2D eigenvalue weighted by atomic mass is 35.5. The number of carbonyl (C=O) groups excluding carboxylic acids is 1. The number of hydrogen-bond donors (Lipinski definition) is 1. The minimum absolute atomic E-state index is 0. The lowest BCUT2D eigenvalue weighted by atomic mass is 9.98. The van der Waals surface area contributed by atoms with E-state index in [1.807, 2.05) is 15.5 Å². The van der Waals surface area contributed by atoms with Crippen molar-refractivity contribution in [1.82, 2.24) is 9.47 Å². The third-order valence-electron chi connectivity index (χ3n) is 5.15. The second-order valence-corrected chi connectivity index (χ2v) is 6.96. The van der Waals surface area contributed by atoms with Crippen LogP contribution in [-0.2, 0) is 13.0 Å². The van der Waals surface area contributed by atoms with Gasteiger partial charge in [-0.1, -0.05) is 12.1 Å². The van der Waals surface area contributed by atoms with Gasteiger partial charge in [0.2, 0.25) is 0 Å². The molecule has 0 unspecified atom stereocenters. The minimum atomic E-state index is -0.342. The van der Waals surface area contributed by atoms with E-state index in [-0.39, 0.29) is 37.2 Å². The smallest absolute Gasteiger partial charge is 0.255 e. The normalized spacial score (nSPS) is 16.9. The van der Waals surface area contributed by atoms with Gasteiger partial charge in [0, 0.05) is 37.4 Å². The molecule has 27 heavy (non-hydrogen) atoms. The number of benzene rings is 1. The molecule has 0 atom stereocenters. The summed E-state index contributed by atoms with van der Waals surface area (Å²) in [5.74, 6) is -0.325. The van der Waals surface area contributed by atoms with Crippen molar-refractivity contribution in [2.45, 2.75) is 31.8 Å². The van der Waals surface area contributed by atoms with Crippen molar-refractivity contribution in [2.75, 3.05) is 13.1 Å². The topological polar surface area (TPSA) is 51.3 Å². The molecular weight excluding hydrogens is 372 g/mol. The fourth-order valence-electron chi connectivity index (χ4n) is 3.72. The van der Waals surface area contributed by atoms with Crippen LogP contribution in [0.4, 0.5) is 8.78 Å². The molecule has 0 bridgehead atoms. The fraction of sp³-hybridized carbons (Fsp3) is 0.350. The highest BCUT2D eigenvalue weighted by molar-refractivity contribution is 5.99. The third kappa shape index (κ3) is 3.64. The van der Waals surface area contributed by atoms with Crippen molar-refractivity contribution in [2.24, 2.45) is 5.73 Å². The van der Waals surface area contributed by atoms with Gasteiger partial charge in [0.05, 0.1) is 17.6 Å². The molecule has 2 N–H and O–H groups in total. The van der Waals surface area contributed by atoms with E-state index in [1.54, 1.807) is 12.3 Å². The van der Waals surface area contributed by atoms with Gasteiger partial charge in [-0.05, 0) is 42.5 Å². The summed E-state index contributed by atoms with van der Waals surface area (Å²) in [4.78, 5) is 14.8. The Labute approximate surface area is 163 Å². The van der Waals surface area contributed by atoms with Crippen LogP contribution >= 0.6 is 12.4 Å². The first-order valence-corrected chi connectivity index (χ1v) is 8.89. The molecule has 2 aliphatic rings. The van der Waals surface area contributed by atoms with E-state index in [0.29, 0.717) is 42.0 Å². The summed E-state index contributed by atoms with van der Waals surface area (Å²) in [5.41, 5.74) is 9.03. The number of nitrogens with zero attached hydrogens (tertiary/aromatic N) is 2. The number of fused-ring (bicyclic) bond motifs is 1. The maximum absolute atomic E-state index is 13.8. The Balaban J connectivity index is 0.00000210. The van der Waals surface area contributed by atoms with Gasteiger partial charge in [0.25, 0.3) is 5.91 Å². The van der Waals surface area contributed by atoms with Crippen LogP contribution in [0, 0.1) is 5.82 Å². The van der Waals surface area contributed by atoms with Gasteiger partial charge in [-0.2, -0.15) is 0 Å². The summed E-state index contributed by atoms with van der Waals surface area (Å²) in [6.45, 7) is 0.998. The van der Waals surface area contributed by atoms with Crippen LogP contribution < -0.4 is 5.73 Å². The average molecular weight is 394 g/mol. The van der Waals surface area contributed by atoms with Crippen LogP contribution in [0.15, 0.2) is 42.4 Å².